The van der Waals surface area contributed by atoms with Gasteiger partial charge in [-0.3, -0.25) is 4.79 Å². The van der Waals surface area contributed by atoms with E-state index >= 15 is 0 Å². The first-order valence-corrected chi connectivity index (χ1v) is 8.99. The molecule has 1 aromatic carbocycles. The molecular formula is C16H15FN4OS2. The molecule has 0 atom stereocenters. The lowest BCUT2D eigenvalue weighted by molar-refractivity contribution is -0.117. The van der Waals surface area contributed by atoms with Gasteiger partial charge in [0.25, 0.3) is 0 Å². The van der Waals surface area contributed by atoms with Crippen LogP contribution in [0, 0.1) is 12.7 Å². The Balaban J connectivity index is 1.66. The van der Waals surface area contributed by atoms with Crippen LogP contribution in [0.5, 0.6) is 0 Å². The van der Waals surface area contributed by atoms with E-state index in [1.54, 1.807) is 34.8 Å². The first-order valence-electron chi connectivity index (χ1n) is 7.19. The number of carbonyl (C=O) groups is 1. The van der Waals surface area contributed by atoms with E-state index in [-0.39, 0.29) is 18.1 Å². The second kappa shape index (κ2) is 7.14. The van der Waals surface area contributed by atoms with Gasteiger partial charge in [-0.15, -0.1) is 11.3 Å². The summed E-state index contributed by atoms with van der Waals surface area (Å²) in [7, 11) is 0. The zero-order valence-corrected chi connectivity index (χ0v) is 14.5. The molecule has 0 bridgehead atoms. The van der Waals surface area contributed by atoms with Crippen LogP contribution < -0.4 is 5.73 Å². The Kier molecular flexibility index (Phi) is 4.96. The zero-order chi connectivity index (χ0) is 17.1. The lowest BCUT2D eigenvalue weighted by Crippen LogP contribution is -2.13. The molecular weight excluding hydrogens is 347 g/mol. The fraction of sp³-hybridized carbons (Fsp3) is 0.188. The maximum atomic E-state index is 13.3. The number of hydrogen-bond donors (Lipinski definition) is 1. The highest BCUT2D eigenvalue weighted by Crippen LogP contribution is 2.29. The molecule has 0 fully saturated rings. The van der Waals surface area contributed by atoms with Crippen LogP contribution in [0.15, 0.2) is 40.9 Å². The van der Waals surface area contributed by atoms with Crippen LogP contribution in [0.4, 0.5) is 4.39 Å². The Bertz CT molecular complexity index is 875. The fourth-order valence-electron chi connectivity index (χ4n) is 2.12. The number of hydrogen-bond acceptors (Lipinski definition) is 5. The molecule has 124 valence electrons. The number of thioether (sulfide) groups is 1. The van der Waals surface area contributed by atoms with Gasteiger partial charge in [0.15, 0.2) is 4.34 Å². The van der Waals surface area contributed by atoms with Crippen molar-refractivity contribution in [2.75, 3.05) is 0 Å². The normalized spacial score (nSPS) is 10.9. The predicted octanol–water partition coefficient (Wildman–Crippen LogP) is 3.10. The molecule has 0 aliphatic heterocycles. The SMILES string of the molecule is Cc1nc(SCc2ccn(-c3cccc(F)c3)n2)sc1CC(N)=O. The molecule has 0 radical (unpaired) electrons. The van der Waals surface area contributed by atoms with Gasteiger partial charge < -0.3 is 5.73 Å². The van der Waals surface area contributed by atoms with Crippen LogP contribution in [0.25, 0.3) is 5.69 Å². The lowest BCUT2D eigenvalue weighted by Gasteiger charge is -2.00. The minimum atomic E-state index is -0.355. The highest BCUT2D eigenvalue weighted by molar-refractivity contribution is 8.00. The molecule has 24 heavy (non-hydrogen) atoms. The second-order valence-corrected chi connectivity index (χ2v) is 7.46. The highest BCUT2D eigenvalue weighted by Gasteiger charge is 2.11. The van der Waals surface area contributed by atoms with Gasteiger partial charge in [0.05, 0.1) is 23.5 Å². The van der Waals surface area contributed by atoms with Crippen LogP contribution in [-0.2, 0) is 17.0 Å². The molecule has 0 saturated carbocycles. The number of benzene rings is 1. The van der Waals surface area contributed by atoms with E-state index in [0.717, 1.165) is 20.6 Å². The lowest BCUT2D eigenvalue weighted by atomic mass is 10.3. The summed E-state index contributed by atoms with van der Waals surface area (Å²) in [6, 6.07) is 8.18. The number of carbonyl (C=O) groups excluding carboxylic acids is 1. The van der Waals surface area contributed by atoms with E-state index < -0.39 is 0 Å². The molecule has 0 unspecified atom stereocenters. The molecule has 5 nitrogen and oxygen atoms in total. The number of aromatic nitrogens is 3. The molecule has 8 heteroatoms. The fourth-order valence-corrected chi connectivity index (χ4v) is 4.26. The summed E-state index contributed by atoms with van der Waals surface area (Å²) in [5.74, 6) is -0.00281. The second-order valence-electron chi connectivity index (χ2n) is 5.15. The molecule has 2 heterocycles. The summed E-state index contributed by atoms with van der Waals surface area (Å²) in [6.07, 6.45) is 2.02. The number of nitrogens with zero attached hydrogens (tertiary/aromatic N) is 3. The summed E-state index contributed by atoms with van der Waals surface area (Å²) < 4.78 is 15.8. The summed E-state index contributed by atoms with van der Waals surface area (Å²) in [5.41, 5.74) is 7.62. The van der Waals surface area contributed by atoms with Crippen LogP contribution in [0.3, 0.4) is 0 Å². The molecule has 2 N–H and O–H groups in total. The van der Waals surface area contributed by atoms with Crippen LogP contribution in [0.2, 0.25) is 0 Å². The maximum Gasteiger partial charge on any atom is 0.222 e. The molecule has 0 spiro atoms. The van der Waals surface area contributed by atoms with Gasteiger partial charge in [-0.25, -0.2) is 14.1 Å². The Morgan fingerprint density at radius 1 is 1.42 bits per heavy atom. The molecule has 3 rings (SSSR count). The van der Waals surface area contributed by atoms with E-state index in [1.165, 1.54) is 23.5 Å². The predicted molar refractivity (Wildman–Crippen MR) is 92.8 cm³/mol. The maximum absolute atomic E-state index is 13.3. The average molecular weight is 362 g/mol. The van der Waals surface area contributed by atoms with Crippen molar-refractivity contribution in [2.45, 2.75) is 23.4 Å². The third-order valence-corrected chi connectivity index (χ3v) is 5.60. The molecule has 0 aliphatic rings. The van der Waals surface area contributed by atoms with Gasteiger partial charge in [-0.05, 0) is 31.2 Å². The van der Waals surface area contributed by atoms with E-state index in [0.29, 0.717) is 11.4 Å². The van der Waals surface area contributed by atoms with Crippen LogP contribution in [-0.4, -0.2) is 20.7 Å². The third-order valence-electron chi connectivity index (χ3n) is 3.27. The monoisotopic (exact) mass is 362 g/mol. The van der Waals surface area contributed by atoms with Crippen molar-refractivity contribution in [3.05, 3.63) is 58.6 Å². The average Bonchev–Trinajstić information content (AvgIpc) is 3.12. The molecule has 0 aliphatic carbocycles. The topological polar surface area (TPSA) is 73.8 Å². The Hall–Kier alpha value is -2.19. The quantitative estimate of drug-likeness (QED) is 0.684. The van der Waals surface area contributed by atoms with Crippen molar-refractivity contribution in [2.24, 2.45) is 5.73 Å². The molecule has 0 saturated heterocycles. The number of nitrogens with two attached hydrogens (primary N) is 1. The van der Waals surface area contributed by atoms with Crippen molar-refractivity contribution < 1.29 is 9.18 Å². The number of primary amides is 1. The Morgan fingerprint density at radius 2 is 2.25 bits per heavy atom. The van der Waals surface area contributed by atoms with Gasteiger partial charge >= 0.3 is 0 Å². The summed E-state index contributed by atoms with van der Waals surface area (Å²) in [4.78, 5) is 16.4. The summed E-state index contributed by atoms with van der Waals surface area (Å²) in [6.45, 7) is 1.87. The van der Waals surface area contributed by atoms with E-state index in [1.807, 2.05) is 13.0 Å². The third kappa shape index (κ3) is 4.01. The van der Waals surface area contributed by atoms with E-state index in [4.69, 9.17) is 5.73 Å². The number of thiazole rings is 1. The largest absolute Gasteiger partial charge is 0.369 e. The van der Waals surface area contributed by atoms with Gasteiger partial charge in [-0.1, -0.05) is 17.8 Å². The van der Waals surface area contributed by atoms with Gasteiger partial charge in [-0.2, -0.15) is 5.10 Å². The Morgan fingerprint density at radius 3 is 3.00 bits per heavy atom. The number of aryl methyl sites for hydroxylation is 1. The van der Waals surface area contributed by atoms with Gasteiger partial charge in [0.2, 0.25) is 5.91 Å². The van der Waals surface area contributed by atoms with Gasteiger partial charge in [0.1, 0.15) is 5.82 Å². The van der Waals surface area contributed by atoms with E-state index in [2.05, 4.69) is 10.1 Å². The molecule has 3 aromatic rings. The van der Waals surface area contributed by atoms with Gasteiger partial charge in [0, 0.05) is 16.8 Å². The standard InChI is InChI=1S/C16H15FN4OS2/c1-10-14(8-15(18)22)24-16(19-10)23-9-12-5-6-21(20-12)13-4-2-3-11(17)7-13/h2-7H,8-9H2,1H3,(H2,18,22). The number of amides is 1. The number of halogens is 1. The minimum Gasteiger partial charge on any atom is -0.369 e. The molecule has 2 aromatic heterocycles. The first-order chi connectivity index (χ1) is 11.5. The zero-order valence-electron chi connectivity index (χ0n) is 12.9. The Labute approximate surface area is 146 Å². The van der Waals surface area contributed by atoms with Crippen molar-refractivity contribution in [3.63, 3.8) is 0 Å². The van der Waals surface area contributed by atoms with Crippen molar-refractivity contribution in [3.8, 4) is 5.69 Å². The number of rotatable bonds is 6. The summed E-state index contributed by atoms with van der Waals surface area (Å²) in [5, 5.41) is 4.45. The van der Waals surface area contributed by atoms with Crippen molar-refractivity contribution in [1.82, 2.24) is 14.8 Å². The van der Waals surface area contributed by atoms with Crippen molar-refractivity contribution in [1.29, 1.82) is 0 Å². The smallest absolute Gasteiger partial charge is 0.222 e. The molecule has 1 amide bonds. The van der Waals surface area contributed by atoms with E-state index in [9.17, 15) is 9.18 Å². The van der Waals surface area contributed by atoms with Crippen LogP contribution >= 0.6 is 23.1 Å². The van der Waals surface area contributed by atoms with Crippen molar-refractivity contribution >= 4 is 29.0 Å². The highest BCUT2D eigenvalue weighted by atomic mass is 32.2. The minimum absolute atomic E-state index is 0.220. The summed E-state index contributed by atoms with van der Waals surface area (Å²) >= 11 is 3.03. The van der Waals surface area contributed by atoms with Crippen LogP contribution in [0.1, 0.15) is 16.3 Å². The first kappa shape index (κ1) is 16.7.